The largest absolute Gasteiger partial charge is 0.350 e. The number of aromatic nitrogens is 5. The fourth-order valence-corrected chi connectivity index (χ4v) is 2.43. The molecule has 3 aromatic rings. The summed E-state index contributed by atoms with van der Waals surface area (Å²) in [5, 5.41) is 2.75. The number of hydrogen-bond donors (Lipinski definition) is 2. The molecule has 26 heavy (non-hydrogen) atoms. The molecule has 3 aromatic heterocycles. The molecule has 2 N–H and O–H groups in total. The number of hydrogen-bond acceptors (Lipinski definition) is 6. The van der Waals surface area contributed by atoms with Crippen molar-refractivity contribution in [1.82, 2.24) is 34.7 Å². The average molecular weight is 355 g/mol. The Morgan fingerprint density at radius 3 is 2.88 bits per heavy atom. The molecule has 0 fully saturated rings. The number of aryl methyl sites for hydroxylation is 1. The third kappa shape index (κ3) is 3.43. The van der Waals surface area contributed by atoms with Crippen LogP contribution in [0.15, 0.2) is 35.8 Å². The zero-order chi connectivity index (χ0) is 18.7. The molecule has 0 radical (unpaired) electrons. The van der Waals surface area contributed by atoms with Crippen LogP contribution in [0.5, 0.6) is 0 Å². The predicted molar refractivity (Wildman–Crippen MR) is 92.7 cm³/mol. The molecule has 0 aliphatic rings. The van der Waals surface area contributed by atoms with E-state index in [1.165, 1.54) is 11.2 Å². The van der Waals surface area contributed by atoms with Gasteiger partial charge in [0.25, 0.3) is 17.4 Å². The van der Waals surface area contributed by atoms with Crippen LogP contribution >= 0.6 is 0 Å². The first kappa shape index (κ1) is 17.3. The molecule has 0 aliphatic carbocycles. The van der Waals surface area contributed by atoms with E-state index in [-0.39, 0.29) is 24.7 Å². The molecule has 0 aliphatic heterocycles. The van der Waals surface area contributed by atoms with E-state index in [2.05, 4.69) is 25.3 Å². The first-order valence-electron chi connectivity index (χ1n) is 7.82. The highest BCUT2D eigenvalue weighted by Gasteiger charge is 2.16. The number of H-pyrrole nitrogens is 1. The van der Waals surface area contributed by atoms with Gasteiger partial charge in [0.05, 0.1) is 18.2 Å². The van der Waals surface area contributed by atoms with E-state index in [9.17, 15) is 14.4 Å². The van der Waals surface area contributed by atoms with Crippen molar-refractivity contribution in [2.24, 2.45) is 7.05 Å². The van der Waals surface area contributed by atoms with Gasteiger partial charge in [-0.1, -0.05) is 0 Å². The maximum Gasteiger partial charge on any atom is 0.272 e. The second-order valence-electron chi connectivity index (χ2n) is 5.67. The highest BCUT2D eigenvalue weighted by atomic mass is 16.2. The lowest BCUT2D eigenvalue weighted by atomic mass is 10.2. The van der Waals surface area contributed by atoms with Crippen molar-refractivity contribution in [2.45, 2.75) is 0 Å². The first-order chi connectivity index (χ1) is 12.5. The van der Waals surface area contributed by atoms with E-state index in [0.29, 0.717) is 16.7 Å². The lowest BCUT2D eigenvalue weighted by Crippen LogP contribution is -2.36. The van der Waals surface area contributed by atoms with Gasteiger partial charge in [-0.05, 0) is 6.07 Å². The Labute approximate surface area is 147 Å². The number of fused-ring (bicyclic) bond motifs is 1. The second-order valence-corrected chi connectivity index (χ2v) is 5.67. The molecule has 0 saturated carbocycles. The number of imidazole rings is 1. The van der Waals surface area contributed by atoms with Gasteiger partial charge in [-0.25, -0.2) is 15.0 Å². The summed E-state index contributed by atoms with van der Waals surface area (Å²) in [7, 11) is 3.37. The Bertz CT molecular complexity index is 1020. The fraction of sp³-hybridized carbons (Fsp3) is 0.250. The summed E-state index contributed by atoms with van der Waals surface area (Å²) in [5.74, 6) is -0.701. The Balaban J connectivity index is 1.61. The Morgan fingerprint density at radius 2 is 2.12 bits per heavy atom. The van der Waals surface area contributed by atoms with Crippen LogP contribution in [0.3, 0.4) is 0 Å². The van der Waals surface area contributed by atoms with E-state index in [1.54, 1.807) is 37.3 Å². The molecule has 134 valence electrons. The third-order valence-electron chi connectivity index (χ3n) is 3.82. The van der Waals surface area contributed by atoms with Gasteiger partial charge in [0.15, 0.2) is 5.65 Å². The minimum absolute atomic E-state index is 0.0481. The Morgan fingerprint density at radius 1 is 1.31 bits per heavy atom. The highest BCUT2D eigenvalue weighted by Crippen LogP contribution is 2.13. The quantitative estimate of drug-likeness (QED) is 0.639. The van der Waals surface area contributed by atoms with Crippen LogP contribution in [0.25, 0.3) is 11.2 Å². The van der Waals surface area contributed by atoms with Crippen molar-refractivity contribution < 1.29 is 9.59 Å². The Kier molecular flexibility index (Phi) is 4.74. The lowest BCUT2D eigenvalue weighted by Gasteiger charge is -2.16. The first-order valence-corrected chi connectivity index (χ1v) is 7.82. The van der Waals surface area contributed by atoms with E-state index >= 15 is 0 Å². The summed E-state index contributed by atoms with van der Waals surface area (Å²) in [6.45, 7) is 0.496. The van der Waals surface area contributed by atoms with Crippen LogP contribution in [0.1, 0.15) is 20.8 Å². The molecular formula is C16H17N7O3. The normalized spacial score (nSPS) is 10.7. The zero-order valence-electron chi connectivity index (χ0n) is 14.3. The number of amides is 2. The molecule has 0 aromatic carbocycles. The average Bonchev–Trinajstić information content (AvgIpc) is 3.02. The molecule has 0 spiro atoms. The maximum absolute atomic E-state index is 12.4. The monoisotopic (exact) mass is 355 g/mol. The van der Waals surface area contributed by atoms with Gasteiger partial charge in [0.2, 0.25) is 0 Å². The van der Waals surface area contributed by atoms with Crippen molar-refractivity contribution in [3.63, 3.8) is 0 Å². The highest BCUT2D eigenvalue weighted by molar-refractivity contribution is 6.04. The molecule has 3 rings (SSSR count). The molecular weight excluding hydrogens is 338 g/mol. The van der Waals surface area contributed by atoms with Crippen molar-refractivity contribution >= 4 is 23.0 Å². The van der Waals surface area contributed by atoms with E-state index in [1.807, 2.05) is 0 Å². The number of likely N-dealkylation sites (N-methyl/N-ethyl adjacent to an activating group) is 1. The van der Waals surface area contributed by atoms with Crippen LogP contribution in [0, 0.1) is 0 Å². The van der Waals surface area contributed by atoms with Crippen LogP contribution in [-0.2, 0) is 7.05 Å². The topological polar surface area (TPSA) is 126 Å². The van der Waals surface area contributed by atoms with Crippen molar-refractivity contribution in [2.75, 3.05) is 20.1 Å². The summed E-state index contributed by atoms with van der Waals surface area (Å²) in [6, 6.07) is 2.73. The van der Waals surface area contributed by atoms with E-state index in [0.717, 1.165) is 6.07 Å². The minimum atomic E-state index is -0.402. The molecule has 10 nitrogen and oxygen atoms in total. The summed E-state index contributed by atoms with van der Waals surface area (Å²) in [6.07, 6.45) is 4.31. The van der Waals surface area contributed by atoms with Gasteiger partial charge < -0.3 is 19.8 Å². The van der Waals surface area contributed by atoms with Crippen molar-refractivity contribution in [1.29, 1.82) is 0 Å². The van der Waals surface area contributed by atoms with Gasteiger partial charge in [0.1, 0.15) is 11.2 Å². The fourth-order valence-electron chi connectivity index (χ4n) is 2.43. The molecule has 0 unspecified atom stereocenters. The number of carbonyl (C=O) groups is 2. The zero-order valence-corrected chi connectivity index (χ0v) is 14.3. The van der Waals surface area contributed by atoms with Gasteiger partial charge in [-0.2, -0.15) is 0 Å². The summed E-state index contributed by atoms with van der Waals surface area (Å²) < 4.78 is 1.73. The van der Waals surface area contributed by atoms with Gasteiger partial charge >= 0.3 is 0 Å². The third-order valence-corrected chi connectivity index (χ3v) is 3.82. The van der Waals surface area contributed by atoms with Gasteiger partial charge in [-0.3, -0.25) is 14.4 Å². The lowest BCUT2D eigenvalue weighted by molar-refractivity contribution is 0.0781. The second kappa shape index (κ2) is 7.13. The van der Waals surface area contributed by atoms with Gasteiger partial charge in [-0.15, -0.1) is 0 Å². The number of nitrogens with one attached hydrogen (secondary N) is 2. The molecule has 2 amide bonds. The number of nitrogens with zero attached hydrogens (tertiary/aromatic N) is 5. The van der Waals surface area contributed by atoms with Crippen LogP contribution in [0.4, 0.5) is 0 Å². The SMILES string of the molecule is CN(CCNC(=O)c1ccnc2c1ncn2C)C(=O)c1cc(=O)[nH]cn1. The summed E-state index contributed by atoms with van der Waals surface area (Å²) in [4.78, 5) is 51.8. The Hall–Kier alpha value is -3.56. The minimum Gasteiger partial charge on any atom is -0.350 e. The summed E-state index contributed by atoms with van der Waals surface area (Å²) in [5.41, 5.74) is 1.20. The maximum atomic E-state index is 12.4. The molecule has 0 bridgehead atoms. The van der Waals surface area contributed by atoms with Crippen LogP contribution in [-0.4, -0.2) is 61.4 Å². The van der Waals surface area contributed by atoms with Gasteiger partial charge in [0, 0.05) is 39.4 Å². The number of rotatable bonds is 5. The van der Waals surface area contributed by atoms with Crippen molar-refractivity contribution in [3.8, 4) is 0 Å². The summed E-state index contributed by atoms with van der Waals surface area (Å²) >= 11 is 0. The standard InChI is InChI=1S/C16H17N7O3/c1-22(16(26)11-7-12(24)20-8-19-11)6-5-18-15(25)10-3-4-17-14-13(10)21-9-23(14)2/h3-4,7-9H,5-6H2,1-2H3,(H,18,25)(H,19,20,24). The molecule has 10 heteroatoms. The number of carbonyl (C=O) groups excluding carboxylic acids is 2. The van der Waals surface area contributed by atoms with Crippen LogP contribution < -0.4 is 10.9 Å². The predicted octanol–water partition coefficient (Wildman–Crippen LogP) is -0.446. The molecule has 3 heterocycles. The number of aromatic amines is 1. The molecule has 0 atom stereocenters. The van der Waals surface area contributed by atoms with Crippen LogP contribution in [0.2, 0.25) is 0 Å². The number of pyridine rings is 1. The smallest absolute Gasteiger partial charge is 0.272 e. The van der Waals surface area contributed by atoms with E-state index in [4.69, 9.17) is 0 Å². The molecule has 0 saturated heterocycles. The van der Waals surface area contributed by atoms with E-state index < -0.39 is 11.5 Å². The van der Waals surface area contributed by atoms with Crippen molar-refractivity contribution in [3.05, 3.63) is 52.6 Å².